The summed E-state index contributed by atoms with van der Waals surface area (Å²) < 4.78 is 0. The number of aliphatic carboxylic acids is 1. The van der Waals surface area contributed by atoms with Crippen LogP contribution in [0.15, 0.2) is 0 Å². The number of likely N-dealkylation sites (tertiary alicyclic amines) is 1. The summed E-state index contributed by atoms with van der Waals surface area (Å²) >= 11 is 0. The van der Waals surface area contributed by atoms with Gasteiger partial charge in [0.05, 0.1) is 6.04 Å². The Kier molecular flexibility index (Phi) is 8.87. The number of nitrogens with zero attached hydrogens (tertiary/aromatic N) is 1. The van der Waals surface area contributed by atoms with E-state index in [2.05, 4.69) is 10.6 Å². The molecule has 9 heteroatoms. The molecule has 0 aromatic heterocycles. The number of nitrogens with two attached hydrogens (primary N) is 1. The lowest BCUT2D eigenvalue weighted by molar-refractivity contribution is -0.144. The summed E-state index contributed by atoms with van der Waals surface area (Å²) in [5.41, 5.74) is 5.67. The van der Waals surface area contributed by atoms with E-state index in [4.69, 9.17) is 5.73 Å². The standard InChI is InChI=1S/C19H34N4O5/c1-6-11(4)15(17(25)21-14(10(2)3)19(27)28)22-16(24)13-8-7-9-23(13)18(26)12(5)20/h10-15H,6-9,20H2,1-5H3,(H,21,25)(H,22,24)(H,27,28). The van der Waals surface area contributed by atoms with Crippen LogP contribution in [0.4, 0.5) is 0 Å². The number of nitrogens with one attached hydrogen (secondary N) is 2. The number of carbonyl (C=O) groups excluding carboxylic acids is 3. The van der Waals surface area contributed by atoms with Gasteiger partial charge in [-0.3, -0.25) is 14.4 Å². The summed E-state index contributed by atoms with van der Waals surface area (Å²) in [6, 6.07) is -3.30. The number of carboxylic acids is 1. The average molecular weight is 399 g/mol. The minimum absolute atomic E-state index is 0.204. The molecular formula is C19H34N4O5. The fourth-order valence-corrected chi connectivity index (χ4v) is 3.27. The van der Waals surface area contributed by atoms with Crippen LogP contribution >= 0.6 is 0 Å². The van der Waals surface area contributed by atoms with Crippen molar-refractivity contribution in [2.24, 2.45) is 17.6 Å². The van der Waals surface area contributed by atoms with Crippen molar-refractivity contribution in [2.75, 3.05) is 6.54 Å². The second-order valence-corrected chi connectivity index (χ2v) is 7.92. The fourth-order valence-electron chi connectivity index (χ4n) is 3.27. The minimum Gasteiger partial charge on any atom is -0.480 e. The van der Waals surface area contributed by atoms with E-state index in [-0.39, 0.29) is 17.7 Å². The quantitative estimate of drug-likeness (QED) is 0.433. The van der Waals surface area contributed by atoms with Crippen LogP contribution in [0.25, 0.3) is 0 Å². The maximum Gasteiger partial charge on any atom is 0.326 e. The molecule has 160 valence electrons. The Morgan fingerprint density at radius 1 is 1.11 bits per heavy atom. The Labute approximate surface area is 166 Å². The topological polar surface area (TPSA) is 142 Å². The summed E-state index contributed by atoms with van der Waals surface area (Å²) in [6.45, 7) is 9.12. The van der Waals surface area contributed by atoms with Crippen molar-refractivity contribution in [3.63, 3.8) is 0 Å². The first kappa shape index (κ1) is 23.9. The average Bonchev–Trinajstić information content (AvgIpc) is 3.11. The zero-order valence-electron chi connectivity index (χ0n) is 17.4. The van der Waals surface area contributed by atoms with Gasteiger partial charge in [0, 0.05) is 6.54 Å². The van der Waals surface area contributed by atoms with Crippen molar-refractivity contribution in [1.29, 1.82) is 0 Å². The van der Waals surface area contributed by atoms with Gasteiger partial charge < -0.3 is 26.4 Å². The molecule has 1 heterocycles. The van der Waals surface area contributed by atoms with Gasteiger partial charge in [-0.15, -0.1) is 0 Å². The summed E-state index contributed by atoms with van der Waals surface area (Å²) in [4.78, 5) is 50.7. The van der Waals surface area contributed by atoms with Gasteiger partial charge in [0.15, 0.2) is 0 Å². The SMILES string of the molecule is CCC(C)C(NC(=O)C1CCCN1C(=O)C(C)N)C(=O)NC(C(=O)O)C(C)C. The van der Waals surface area contributed by atoms with Gasteiger partial charge in [-0.2, -0.15) is 0 Å². The molecule has 1 aliphatic heterocycles. The maximum atomic E-state index is 12.8. The van der Waals surface area contributed by atoms with Crippen LogP contribution in [0.2, 0.25) is 0 Å². The van der Waals surface area contributed by atoms with Gasteiger partial charge in [0.25, 0.3) is 0 Å². The number of amides is 3. The van der Waals surface area contributed by atoms with Gasteiger partial charge in [0.2, 0.25) is 17.7 Å². The monoisotopic (exact) mass is 398 g/mol. The largest absolute Gasteiger partial charge is 0.480 e. The smallest absolute Gasteiger partial charge is 0.326 e. The molecule has 5 N–H and O–H groups in total. The third kappa shape index (κ3) is 5.92. The highest BCUT2D eigenvalue weighted by Crippen LogP contribution is 2.19. The highest BCUT2D eigenvalue weighted by Gasteiger charge is 2.38. The van der Waals surface area contributed by atoms with Gasteiger partial charge in [-0.25, -0.2) is 4.79 Å². The van der Waals surface area contributed by atoms with Crippen LogP contribution in [0.1, 0.15) is 53.9 Å². The predicted octanol–water partition coefficient (Wildman–Crippen LogP) is 0.0809. The van der Waals surface area contributed by atoms with Gasteiger partial charge in [-0.05, 0) is 31.6 Å². The zero-order valence-corrected chi connectivity index (χ0v) is 17.4. The van der Waals surface area contributed by atoms with E-state index in [9.17, 15) is 24.3 Å². The summed E-state index contributed by atoms with van der Waals surface area (Å²) in [5, 5.41) is 14.6. The number of hydrogen-bond donors (Lipinski definition) is 4. The lowest BCUT2D eigenvalue weighted by Crippen LogP contribution is -2.58. The molecule has 1 fully saturated rings. The third-order valence-corrected chi connectivity index (χ3v) is 5.25. The van der Waals surface area contributed by atoms with E-state index in [1.807, 2.05) is 13.8 Å². The van der Waals surface area contributed by atoms with Crippen LogP contribution < -0.4 is 16.4 Å². The molecule has 3 amide bonds. The number of hydrogen-bond acceptors (Lipinski definition) is 5. The molecule has 0 bridgehead atoms. The molecule has 0 radical (unpaired) electrons. The van der Waals surface area contributed by atoms with E-state index in [1.54, 1.807) is 20.8 Å². The van der Waals surface area contributed by atoms with Crippen molar-refractivity contribution < 1.29 is 24.3 Å². The first-order valence-corrected chi connectivity index (χ1v) is 9.90. The molecular weight excluding hydrogens is 364 g/mol. The Hall–Kier alpha value is -2.16. The van der Waals surface area contributed by atoms with Gasteiger partial charge >= 0.3 is 5.97 Å². The van der Waals surface area contributed by atoms with E-state index >= 15 is 0 Å². The van der Waals surface area contributed by atoms with Crippen LogP contribution in [0.5, 0.6) is 0 Å². The lowest BCUT2D eigenvalue weighted by Gasteiger charge is -2.30. The number of carbonyl (C=O) groups is 4. The zero-order chi connectivity index (χ0) is 21.6. The summed E-state index contributed by atoms with van der Waals surface area (Å²) in [7, 11) is 0. The maximum absolute atomic E-state index is 12.8. The molecule has 9 nitrogen and oxygen atoms in total. The third-order valence-electron chi connectivity index (χ3n) is 5.25. The Balaban J connectivity index is 2.93. The minimum atomic E-state index is -1.12. The molecule has 28 heavy (non-hydrogen) atoms. The van der Waals surface area contributed by atoms with Crippen molar-refractivity contribution >= 4 is 23.7 Å². The van der Waals surface area contributed by atoms with E-state index in [0.29, 0.717) is 25.8 Å². The second-order valence-electron chi connectivity index (χ2n) is 7.92. The molecule has 0 aromatic rings. The first-order valence-electron chi connectivity index (χ1n) is 9.90. The lowest BCUT2D eigenvalue weighted by atomic mass is 9.96. The van der Waals surface area contributed by atoms with Crippen molar-refractivity contribution in [1.82, 2.24) is 15.5 Å². The van der Waals surface area contributed by atoms with Crippen molar-refractivity contribution in [2.45, 2.75) is 78.0 Å². The molecule has 5 atom stereocenters. The Bertz CT molecular complexity index is 593. The molecule has 1 saturated heterocycles. The molecule has 0 spiro atoms. The highest BCUT2D eigenvalue weighted by atomic mass is 16.4. The molecule has 1 rings (SSSR count). The number of carboxylic acid groups (broad SMARTS) is 1. The van der Waals surface area contributed by atoms with Gasteiger partial charge in [0.1, 0.15) is 18.1 Å². The normalized spacial score (nSPS) is 21.0. The number of rotatable bonds is 9. The first-order chi connectivity index (χ1) is 13.0. The molecule has 0 saturated carbocycles. The van der Waals surface area contributed by atoms with E-state index in [0.717, 1.165) is 0 Å². The van der Waals surface area contributed by atoms with Crippen LogP contribution in [0.3, 0.4) is 0 Å². The van der Waals surface area contributed by atoms with Crippen LogP contribution in [-0.2, 0) is 19.2 Å². The highest BCUT2D eigenvalue weighted by molar-refractivity contribution is 5.94. The van der Waals surface area contributed by atoms with Crippen molar-refractivity contribution in [3.05, 3.63) is 0 Å². The second kappa shape index (κ2) is 10.4. The summed E-state index contributed by atoms with van der Waals surface area (Å²) in [5.74, 6) is -2.88. The molecule has 0 aromatic carbocycles. The predicted molar refractivity (Wildman–Crippen MR) is 104 cm³/mol. The molecule has 1 aliphatic rings. The molecule has 5 unspecified atom stereocenters. The fraction of sp³-hybridized carbons (Fsp3) is 0.789. The van der Waals surface area contributed by atoms with Crippen LogP contribution in [0, 0.1) is 11.8 Å². The Morgan fingerprint density at radius 3 is 2.18 bits per heavy atom. The molecule has 0 aliphatic carbocycles. The van der Waals surface area contributed by atoms with Crippen molar-refractivity contribution in [3.8, 4) is 0 Å². The van der Waals surface area contributed by atoms with E-state index in [1.165, 1.54) is 4.90 Å². The summed E-state index contributed by atoms with van der Waals surface area (Å²) in [6.07, 6.45) is 1.80. The van der Waals surface area contributed by atoms with Gasteiger partial charge in [-0.1, -0.05) is 34.1 Å². The Morgan fingerprint density at radius 2 is 1.71 bits per heavy atom. The van der Waals surface area contributed by atoms with E-state index < -0.39 is 42.0 Å². The van der Waals surface area contributed by atoms with Crippen LogP contribution in [-0.4, -0.2) is 64.4 Å².